The average molecular weight is 285 g/mol. The van der Waals surface area contributed by atoms with Crippen LogP contribution in [0.5, 0.6) is 11.5 Å². The fourth-order valence-electron chi connectivity index (χ4n) is 2.15. The van der Waals surface area contributed by atoms with Crippen LogP contribution in [0.4, 0.5) is 5.69 Å². The maximum Gasteiger partial charge on any atom is 0.340 e. The van der Waals surface area contributed by atoms with Gasteiger partial charge < -0.3 is 19.9 Å². The van der Waals surface area contributed by atoms with Crippen molar-refractivity contribution in [3.63, 3.8) is 0 Å². The molecule has 0 spiro atoms. The van der Waals surface area contributed by atoms with Gasteiger partial charge in [0.15, 0.2) is 11.5 Å². The number of carbonyl (C=O) groups excluding carboxylic acids is 1. The second-order valence-electron chi connectivity index (χ2n) is 4.75. The minimum absolute atomic E-state index is 0.133. The molecular weight excluding hydrogens is 270 g/mol. The molecule has 0 saturated carbocycles. The van der Waals surface area contributed by atoms with Gasteiger partial charge in [-0.05, 0) is 12.5 Å². The molecule has 1 aliphatic rings. The fourth-order valence-corrected chi connectivity index (χ4v) is 2.15. The lowest BCUT2D eigenvalue weighted by molar-refractivity contribution is 0.0339. The molecule has 2 N–H and O–H groups in total. The summed E-state index contributed by atoms with van der Waals surface area (Å²) < 4.78 is 15.9. The third kappa shape index (κ3) is 2.63. The van der Waals surface area contributed by atoms with Crippen LogP contribution in [0.1, 0.15) is 28.9 Å². The van der Waals surface area contributed by atoms with Crippen LogP contribution in [0.3, 0.4) is 0 Å². The lowest BCUT2D eigenvalue weighted by Crippen LogP contribution is -2.11. The Balaban J connectivity index is 1.80. The van der Waals surface area contributed by atoms with Crippen LogP contribution in [0.25, 0.3) is 0 Å². The summed E-state index contributed by atoms with van der Waals surface area (Å²) in [5, 5.41) is 0. The smallest absolute Gasteiger partial charge is 0.340 e. The molecule has 1 heterocycles. The van der Waals surface area contributed by atoms with Gasteiger partial charge in [-0.3, -0.25) is 0 Å². The third-order valence-electron chi connectivity index (χ3n) is 3.32. The van der Waals surface area contributed by atoms with Crippen molar-refractivity contribution in [2.45, 2.75) is 13.0 Å². The summed E-state index contributed by atoms with van der Waals surface area (Å²) in [6, 6.07) is 12.6. The number of hydrogen-bond acceptors (Lipinski definition) is 5. The van der Waals surface area contributed by atoms with Crippen molar-refractivity contribution in [2.75, 3.05) is 12.5 Å². The highest BCUT2D eigenvalue weighted by atomic mass is 16.7. The van der Waals surface area contributed by atoms with E-state index in [1.807, 2.05) is 37.3 Å². The molecule has 0 aliphatic carbocycles. The highest BCUT2D eigenvalue weighted by Crippen LogP contribution is 2.36. The van der Waals surface area contributed by atoms with Gasteiger partial charge in [0.2, 0.25) is 6.79 Å². The normalized spacial score (nSPS) is 13.8. The highest BCUT2D eigenvalue weighted by Gasteiger charge is 2.22. The van der Waals surface area contributed by atoms with E-state index in [0.717, 1.165) is 5.56 Å². The number of fused-ring (bicyclic) bond motifs is 1. The number of hydrogen-bond donors (Lipinski definition) is 1. The molecule has 21 heavy (non-hydrogen) atoms. The lowest BCUT2D eigenvalue weighted by Gasteiger charge is -2.14. The molecule has 1 aliphatic heterocycles. The van der Waals surface area contributed by atoms with Crippen LogP contribution in [0, 0.1) is 0 Å². The van der Waals surface area contributed by atoms with Crippen LogP contribution < -0.4 is 15.2 Å². The Morgan fingerprint density at radius 2 is 1.86 bits per heavy atom. The third-order valence-corrected chi connectivity index (χ3v) is 3.32. The van der Waals surface area contributed by atoms with Gasteiger partial charge in [-0.25, -0.2) is 4.79 Å². The van der Waals surface area contributed by atoms with Gasteiger partial charge in [0.1, 0.15) is 6.10 Å². The van der Waals surface area contributed by atoms with E-state index in [9.17, 15) is 4.79 Å². The van der Waals surface area contributed by atoms with Crippen molar-refractivity contribution in [1.82, 2.24) is 0 Å². The Kier molecular flexibility index (Phi) is 3.39. The number of rotatable bonds is 3. The van der Waals surface area contributed by atoms with E-state index in [2.05, 4.69) is 0 Å². The van der Waals surface area contributed by atoms with Gasteiger partial charge in [0, 0.05) is 12.1 Å². The molecule has 0 aromatic heterocycles. The predicted octanol–water partition coefficient (Wildman–Crippen LogP) is 2.92. The Morgan fingerprint density at radius 1 is 1.19 bits per heavy atom. The molecule has 1 unspecified atom stereocenters. The molecule has 0 bridgehead atoms. The van der Waals surface area contributed by atoms with E-state index < -0.39 is 5.97 Å². The monoisotopic (exact) mass is 285 g/mol. The van der Waals surface area contributed by atoms with Gasteiger partial charge in [0.05, 0.1) is 11.3 Å². The Bertz CT molecular complexity index is 669. The maximum atomic E-state index is 12.3. The number of esters is 1. The lowest BCUT2D eigenvalue weighted by atomic mass is 10.1. The zero-order valence-electron chi connectivity index (χ0n) is 11.5. The standard InChI is InChI=1S/C16H15NO4/c1-10(11-5-3-2-4-6-11)21-16(18)12-7-14-15(8-13(12)17)20-9-19-14/h2-8,10H,9,17H2,1H3. The summed E-state index contributed by atoms with van der Waals surface area (Å²) in [7, 11) is 0. The maximum absolute atomic E-state index is 12.3. The highest BCUT2D eigenvalue weighted by molar-refractivity contribution is 5.96. The second-order valence-corrected chi connectivity index (χ2v) is 4.75. The van der Waals surface area contributed by atoms with Gasteiger partial charge in [0.25, 0.3) is 0 Å². The quantitative estimate of drug-likeness (QED) is 0.693. The minimum Gasteiger partial charge on any atom is -0.454 e. The number of anilines is 1. The van der Waals surface area contributed by atoms with Crippen LogP contribution in [-0.4, -0.2) is 12.8 Å². The van der Waals surface area contributed by atoms with Crippen LogP contribution >= 0.6 is 0 Å². The van der Waals surface area contributed by atoms with Crippen molar-refractivity contribution >= 4 is 11.7 Å². The molecule has 0 saturated heterocycles. The number of nitrogens with two attached hydrogens (primary N) is 1. The number of carbonyl (C=O) groups is 1. The summed E-state index contributed by atoms with van der Waals surface area (Å²) in [5.74, 6) is 0.561. The molecular formula is C16H15NO4. The van der Waals surface area contributed by atoms with Gasteiger partial charge >= 0.3 is 5.97 Å². The zero-order chi connectivity index (χ0) is 14.8. The number of benzene rings is 2. The first-order valence-corrected chi connectivity index (χ1v) is 6.60. The first kappa shape index (κ1) is 13.3. The van der Waals surface area contributed by atoms with Crippen LogP contribution in [-0.2, 0) is 4.74 Å². The van der Waals surface area contributed by atoms with E-state index in [4.69, 9.17) is 19.9 Å². The zero-order valence-corrected chi connectivity index (χ0v) is 11.5. The van der Waals surface area contributed by atoms with Crippen molar-refractivity contribution in [2.24, 2.45) is 0 Å². The molecule has 108 valence electrons. The fraction of sp³-hybridized carbons (Fsp3) is 0.188. The first-order valence-electron chi connectivity index (χ1n) is 6.60. The van der Waals surface area contributed by atoms with E-state index in [1.165, 1.54) is 0 Å². The topological polar surface area (TPSA) is 70.8 Å². The van der Waals surface area contributed by atoms with Crippen molar-refractivity contribution < 1.29 is 19.0 Å². The van der Waals surface area contributed by atoms with E-state index in [-0.39, 0.29) is 18.5 Å². The molecule has 2 aromatic rings. The molecule has 1 atom stereocenters. The first-order chi connectivity index (χ1) is 10.1. The largest absolute Gasteiger partial charge is 0.454 e. The van der Waals surface area contributed by atoms with Crippen molar-refractivity contribution in [1.29, 1.82) is 0 Å². The summed E-state index contributed by atoms with van der Waals surface area (Å²) in [6.45, 7) is 1.95. The molecule has 0 radical (unpaired) electrons. The number of ether oxygens (including phenoxy) is 3. The molecule has 3 rings (SSSR count). The molecule has 0 fully saturated rings. The summed E-state index contributed by atoms with van der Waals surface area (Å²) >= 11 is 0. The van der Waals surface area contributed by atoms with Crippen LogP contribution in [0.15, 0.2) is 42.5 Å². The Hall–Kier alpha value is -2.69. The minimum atomic E-state index is -0.484. The van der Waals surface area contributed by atoms with Crippen molar-refractivity contribution in [3.05, 3.63) is 53.6 Å². The van der Waals surface area contributed by atoms with Gasteiger partial charge in [-0.1, -0.05) is 30.3 Å². The summed E-state index contributed by atoms with van der Waals surface area (Å²) in [6.07, 6.45) is -0.358. The number of nitrogen functional groups attached to an aromatic ring is 1. The molecule has 5 heteroatoms. The Labute approximate surface area is 122 Å². The SMILES string of the molecule is CC(OC(=O)c1cc2c(cc1N)OCO2)c1ccccc1. The Morgan fingerprint density at radius 3 is 2.57 bits per heavy atom. The molecule has 0 amide bonds. The van der Waals surface area contributed by atoms with Gasteiger partial charge in [-0.2, -0.15) is 0 Å². The van der Waals surface area contributed by atoms with Crippen LogP contribution in [0.2, 0.25) is 0 Å². The van der Waals surface area contributed by atoms with E-state index in [1.54, 1.807) is 12.1 Å². The van der Waals surface area contributed by atoms with Crippen molar-refractivity contribution in [3.8, 4) is 11.5 Å². The molecule has 2 aromatic carbocycles. The second kappa shape index (κ2) is 5.36. The average Bonchev–Trinajstić information content (AvgIpc) is 2.94. The van der Waals surface area contributed by atoms with E-state index >= 15 is 0 Å². The predicted molar refractivity (Wildman–Crippen MR) is 77.2 cm³/mol. The van der Waals surface area contributed by atoms with Gasteiger partial charge in [-0.15, -0.1) is 0 Å². The molecule has 5 nitrogen and oxygen atoms in total. The van der Waals surface area contributed by atoms with E-state index in [0.29, 0.717) is 17.2 Å². The summed E-state index contributed by atoms with van der Waals surface area (Å²) in [4.78, 5) is 12.3. The summed E-state index contributed by atoms with van der Waals surface area (Å²) in [5.41, 5.74) is 7.38.